The Bertz CT molecular complexity index is 457. The standard InChI is InChI=1S/C16H27NO2S/c1-7-19-14(18)16(5,6)10-11(17)12-8-9-13(20-12)15(2,3)4/h8-9,11H,7,10,17H2,1-6H3. The van der Waals surface area contributed by atoms with Crippen LogP contribution in [0.15, 0.2) is 12.1 Å². The summed E-state index contributed by atoms with van der Waals surface area (Å²) in [6.07, 6.45) is 0.593. The van der Waals surface area contributed by atoms with Crippen LogP contribution in [0.1, 0.15) is 63.8 Å². The van der Waals surface area contributed by atoms with E-state index >= 15 is 0 Å². The van der Waals surface area contributed by atoms with E-state index in [4.69, 9.17) is 10.5 Å². The fourth-order valence-electron chi connectivity index (χ4n) is 2.02. The second kappa shape index (κ2) is 6.27. The molecule has 20 heavy (non-hydrogen) atoms. The first kappa shape index (κ1) is 17.2. The lowest BCUT2D eigenvalue weighted by Crippen LogP contribution is -2.30. The molecule has 3 nitrogen and oxygen atoms in total. The maximum atomic E-state index is 11.9. The van der Waals surface area contributed by atoms with Crippen LogP contribution in [0.2, 0.25) is 0 Å². The van der Waals surface area contributed by atoms with E-state index in [1.165, 1.54) is 4.88 Å². The Labute approximate surface area is 126 Å². The molecule has 0 aliphatic heterocycles. The van der Waals surface area contributed by atoms with Gasteiger partial charge in [0.1, 0.15) is 0 Å². The number of hydrogen-bond donors (Lipinski definition) is 1. The molecule has 0 radical (unpaired) electrons. The third kappa shape index (κ3) is 4.32. The molecule has 114 valence electrons. The van der Waals surface area contributed by atoms with Gasteiger partial charge in [-0.2, -0.15) is 0 Å². The van der Waals surface area contributed by atoms with Crippen molar-refractivity contribution >= 4 is 17.3 Å². The van der Waals surface area contributed by atoms with Crippen LogP contribution in [-0.4, -0.2) is 12.6 Å². The highest BCUT2D eigenvalue weighted by Gasteiger charge is 2.32. The molecule has 1 unspecified atom stereocenters. The fourth-order valence-corrected chi connectivity index (χ4v) is 3.08. The molecule has 0 aromatic carbocycles. The van der Waals surface area contributed by atoms with Gasteiger partial charge in [-0.3, -0.25) is 4.79 Å². The van der Waals surface area contributed by atoms with Crippen molar-refractivity contribution in [2.45, 2.75) is 59.4 Å². The van der Waals surface area contributed by atoms with Crippen LogP contribution in [-0.2, 0) is 14.9 Å². The molecule has 4 heteroatoms. The number of rotatable bonds is 5. The summed E-state index contributed by atoms with van der Waals surface area (Å²) in [5.74, 6) is -0.178. The Morgan fingerprint density at radius 3 is 2.35 bits per heavy atom. The molecule has 2 N–H and O–H groups in total. The van der Waals surface area contributed by atoms with Crippen LogP contribution in [0.25, 0.3) is 0 Å². The fraction of sp³-hybridized carbons (Fsp3) is 0.688. The molecule has 0 bridgehead atoms. The van der Waals surface area contributed by atoms with Crippen LogP contribution in [0.3, 0.4) is 0 Å². The molecule has 1 rings (SSSR count). The van der Waals surface area contributed by atoms with Gasteiger partial charge in [0.25, 0.3) is 0 Å². The highest BCUT2D eigenvalue weighted by Crippen LogP contribution is 2.36. The number of esters is 1. The lowest BCUT2D eigenvalue weighted by atomic mass is 9.85. The number of hydrogen-bond acceptors (Lipinski definition) is 4. The molecule has 1 aromatic rings. The van der Waals surface area contributed by atoms with Gasteiger partial charge in [0.05, 0.1) is 12.0 Å². The van der Waals surface area contributed by atoms with E-state index in [0.29, 0.717) is 13.0 Å². The zero-order valence-electron chi connectivity index (χ0n) is 13.4. The first-order chi connectivity index (χ1) is 9.08. The summed E-state index contributed by atoms with van der Waals surface area (Å²) in [7, 11) is 0. The number of carbonyl (C=O) groups is 1. The Morgan fingerprint density at radius 2 is 1.90 bits per heavy atom. The van der Waals surface area contributed by atoms with Gasteiger partial charge in [-0.05, 0) is 44.7 Å². The Morgan fingerprint density at radius 1 is 1.30 bits per heavy atom. The molecule has 0 aliphatic rings. The minimum Gasteiger partial charge on any atom is -0.466 e. The van der Waals surface area contributed by atoms with Gasteiger partial charge in [0, 0.05) is 15.8 Å². The summed E-state index contributed by atoms with van der Waals surface area (Å²) < 4.78 is 5.11. The maximum absolute atomic E-state index is 11.9. The summed E-state index contributed by atoms with van der Waals surface area (Å²) in [5, 5.41) is 0. The van der Waals surface area contributed by atoms with Crippen molar-refractivity contribution in [3.63, 3.8) is 0 Å². The third-order valence-electron chi connectivity index (χ3n) is 3.29. The van der Waals surface area contributed by atoms with Gasteiger partial charge in [-0.25, -0.2) is 0 Å². The Balaban J connectivity index is 2.78. The number of thiophene rings is 1. The SMILES string of the molecule is CCOC(=O)C(C)(C)CC(N)c1ccc(C(C)(C)C)s1. The van der Waals surface area contributed by atoms with Crippen LogP contribution in [0, 0.1) is 5.41 Å². The molecular formula is C16H27NO2S. The number of ether oxygens (including phenoxy) is 1. The lowest BCUT2D eigenvalue weighted by Gasteiger charge is -2.25. The second-order valence-electron chi connectivity index (χ2n) is 6.87. The molecule has 1 heterocycles. The van der Waals surface area contributed by atoms with Crippen molar-refractivity contribution in [1.82, 2.24) is 0 Å². The van der Waals surface area contributed by atoms with Gasteiger partial charge in [-0.15, -0.1) is 11.3 Å². The first-order valence-electron chi connectivity index (χ1n) is 7.11. The van der Waals surface area contributed by atoms with Crippen LogP contribution >= 0.6 is 11.3 Å². The van der Waals surface area contributed by atoms with Gasteiger partial charge >= 0.3 is 5.97 Å². The topological polar surface area (TPSA) is 52.3 Å². The molecule has 0 spiro atoms. The molecule has 1 aromatic heterocycles. The van der Waals surface area contributed by atoms with Crippen LogP contribution < -0.4 is 5.73 Å². The van der Waals surface area contributed by atoms with Crippen LogP contribution in [0.5, 0.6) is 0 Å². The van der Waals surface area contributed by atoms with Crippen molar-refractivity contribution in [1.29, 1.82) is 0 Å². The highest BCUT2D eigenvalue weighted by molar-refractivity contribution is 7.12. The van der Waals surface area contributed by atoms with E-state index in [-0.39, 0.29) is 17.4 Å². The van der Waals surface area contributed by atoms with Crippen molar-refractivity contribution in [3.8, 4) is 0 Å². The lowest BCUT2D eigenvalue weighted by molar-refractivity contribution is -0.154. The average molecular weight is 297 g/mol. The predicted octanol–water partition coefficient (Wildman–Crippen LogP) is 4.02. The van der Waals surface area contributed by atoms with Crippen LogP contribution in [0.4, 0.5) is 0 Å². The summed E-state index contributed by atoms with van der Waals surface area (Å²) in [5.41, 5.74) is 5.86. The largest absolute Gasteiger partial charge is 0.466 e. The summed E-state index contributed by atoms with van der Waals surface area (Å²) in [6, 6.07) is 4.09. The zero-order valence-corrected chi connectivity index (χ0v) is 14.3. The summed E-state index contributed by atoms with van der Waals surface area (Å²) in [4.78, 5) is 14.4. The Kier molecular flexibility index (Phi) is 5.39. The van der Waals surface area contributed by atoms with Gasteiger partial charge in [-0.1, -0.05) is 20.8 Å². The van der Waals surface area contributed by atoms with E-state index < -0.39 is 5.41 Å². The minimum atomic E-state index is -0.554. The van der Waals surface area contributed by atoms with E-state index in [2.05, 4.69) is 32.9 Å². The zero-order chi connectivity index (χ0) is 15.6. The highest BCUT2D eigenvalue weighted by atomic mass is 32.1. The quantitative estimate of drug-likeness (QED) is 0.835. The smallest absolute Gasteiger partial charge is 0.311 e. The average Bonchev–Trinajstić information content (AvgIpc) is 2.77. The maximum Gasteiger partial charge on any atom is 0.311 e. The summed E-state index contributed by atoms with van der Waals surface area (Å²) >= 11 is 1.74. The van der Waals surface area contributed by atoms with Crippen molar-refractivity contribution in [3.05, 3.63) is 21.9 Å². The summed E-state index contributed by atoms with van der Waals surface area (Å²) in [6.45, 7) is 12.6. The van der Waals surface area contributed by atoms with E-state index in [1.807, 2.05) is 20.8 Å². The van der Waals surface area contributed by atoms with Crippen molar-refractivity contribution < 1.29 is 9.53 Å². The monoisotopic (exact) mass is 297 g/mol. The van der Waals surface area contributed by atoms with Gasteiger partial charge in [0.2, 0.25) is 0 Å². The van der Waals surface area contributed by atoms with E-state index in [0.717, 1.165) is 4.88 Å². The molecule has 0 saturated carbocycles. The van der Waals surface area contributed by atoms with Crippen molar-refractivity contribution in [2.75, 3.05) is 6.61 Å². The predicted molar refractivity (Wildman–Crippen MR) is 85.0 cm³/mol. The molecular weight excluding hydrogens is 270 g/mol. The Hall–Kier alpha value is -0.870. The van der Waals surface area contributed by atoms with Gasteiger partial charge in [0.15, 0.2) is 0 Å². The molecule has 0 saturated heterocycles. The third-order valence-corrected chi connectivity index (χ3v) is 4.93. The molecule has 0 fully saturated rings. The van der Waals surface area contributed by atoms with E-state index in [1.54, 1.807) is 11.3 Å². The van der Waals surface area contributed by atoms with Crippen molar-refractivity contribution in [2.24, 2.45) is 11.1 Å². The minimum absolute atomic E-state index is 0.129. The normalized spacial score (nSPS) is 14.2. The van der Waals surface area contributed by atoms with Gasteiger partial charge < -0.3 is 10.5 Å². The molecule has 0 aliphatic carbocycles. The number of carbonyl (C=O) groups excluding carboxylic acids is 1. The first-order valence-corrected chi connectivity index (χ1v) is 7.92. The number of nitrogens with two attached hydrogens (primary N) is 1. The van der Waals surface area contributed by atoms with E-state index in [9.17, 15) is 4.79 Å². The molecule has 1 atom stereocenters. The molecule has 0 amide bonds. The second-order valence-corrected chi connectivity index (χ2v) is 7.98.